The van der Waals surface area contributed by atoms with Crippen LogP contribution < -0.4 is 15.4 Å². The Hall–Kier alpha value is -2.51. The number of rotatable bonds is 11. The second-order valence-corrected chi connectivity index (χ2v) is 8.11. The first-order valence-electron chi connectivity index (χ1n) is 11.3. The first kappa shape index (κ1) is 23.2. The van der Waals surface area contributed by atoms with Gasteiger partial charge in [-0.25, -0.2) is 4.99 Å². The number of hydrogen-bond acceptors (Lipinski definition) is 5. The Kier molecular flexibility index (Phi) is 9.24. The average molecular weight is 428 g/mol. The smallest absolute Gasteiger partial charge is 0.191 e. The third kappa shape index (κ3) is 7.29. The molecule has 0 saturated carbocycles. The normalized spacial score (nSPS) is 15.9. The summed E-state index contributed by atoms with van der Waals surface area (Å²) in [5, 5.41) is 6.89. The Bertz CT molecular complexity index is 785. The molecule has 0 spiro atoms. The molecule has 0 amide bonds. The van der Waals surface area contributed by atoms with Gasteiger partial charge in [0.05, 0.1) is 18.8 Å². The molecular formula is C24H37N5O2. The van der Waals surface area contributed by atoms with Crippen molar-refractivity contribution < 1.29 is 9.15 Å². The molecule has 1 aliphatic rings. The lowest BCUT2D eigenvalue weighted by Crippen LogP contribution is -2.42. The van der Waals surface area contributed by atoms with E-state index in [1.807, 2.05) is 38.4 Å². The van der Waals surface area contributed by atoms with Crippen LogP contribution >= 0.6 is 0 Å². The van der Waals surface area contributed by atoms with Gasteiger partial charge in [0.15, 0.2) is 5.96 Å². The maximum absolute atomic E-state index is 5.98. The highest BCUT2D eigenvalue weighted by Gasteiger charge is 2.25. The molecule has 0 aliphatic carbocycles. The minimum Gasteiger partial charge on any atom is -0.492 e. The summed E-state index contributed by atoms with van der Waals surface area (Å²) in [5.74, 6) is 2.71. The van der Waals surface area contributed by atoms with E-state index in [1.165, 1.54) is 12.8 Å². The Balaban J connectivity index is 1.63. The number of nitrogens with zero attached hydrogens (tertiary/aromatic N) is 3. The lowest BCUT2D eigenvalue weighted by molar-refractivity contribution is 0.215. The summed E-state index contributed by atoms with van der Waals surface area (Å²) in [4.78, 5) is 9.43. The molecule has 2 aromatic rings. The number of likely N-dealkylation sites (N-methyl/N-ethyl adjacent to an activating group) is 1. The monoisotopic (exact) mass is 427 g/mol. The van der Waals surface area contributed by atoms with Gasteiger partial charge in [-0.1, -0.05) is 18.2 Å². The van der Waals surface area contributed by atoms with Gasteiger partial charge < -0.3 is 24.7 Å². The molecule has 3 rings (SSSR count). The van der Waals surface area contributed by atoms with Crippen molar-refractivity contribution in [3.05, 3.63) is 54.0 Å². The number of ether oxygens (including phenoxy) is 1. The fraction of sp³-hybridized carbons (Fsp3) is 0.542. The molecule has 1 fully saturated rings. The Morgan fingerprint density at radius 3 is 2.68 bits per heavy atom. The van der Waals surface area contributed by atoms with Gasteiger partial charge >= 0.3 is 0 Å². The summed E-state index contributed by atoms with van der Waals surface area (Å²) < 4.78 is 11.7. The molecule has 31 heavy (non-hydrogen) atoms. The lowest BCUT2D eigenvalue weighted by atomic mass is 10.2. The van der Waals surface area contributed by atoms with Crippen LogP contribution in [-0.2, 0) is 6.54 Å². The van der Waals surface area contributed by atoms with Crippen molar-refractivity contribution in [2.45, 2.75) is 32.4 Å². The second-order valence-electron chi connectivity index (χ2n) is 8.11. The van der Waals surface area contributed by atoms with Crippen LogP contribution in [0, 0.1) is 0 Å². The number of aliphatic imine (C=N–C) groups is 1. The van der Waals surface area contributed by atoms with Crippen molar-refractivity contribution in [1.82, 2.24) is 20.4 Å². The molecule has 7 heteroatoms. The molecule has 1 aromatic carbocycles. The minimum absolute atomic E-state index is 0.211. The standard InChI is InChI=1S/C24H37N5O2/c1-4-25-24(26-18-20-10-5-6-11-22(20)31-17-15-28(2)3)27-19-21(23-12-9-16-30-23)29-13-7-8-14-29/h5-6,9-12,16,21H,4,7-8,13-15,17-19H2,1-3H3,(H2,25,26,27). The Labute approximate surface area is 186 Å². The van der Waals surface area contributed by atoms with Crippen LogP contribution in [0.5, 0.6) is 5.75 Å². The van der Waals surface area contributed by atoms with Crippen molar-refractivity contribution in [2.75, 3.05) is 53.4 Å². The number of nitrogens with one attached hydrogen (secondary N) is 2. The number of benzene rings is 1. The summed E-state index contributed by atoms with van der Waals surface area (Å²) in [5.41, 5.74) is 1.08. The topological polar surface area (TPSA) is 65.3 Å². The number of guanidine groups is 1. The molecule has 1 aliphatic heterocycles. The molecule has 1 atom stereocenters. The third-order valence-corrected chi connectivity index (χ3v) is 5.44. The van der Waals surface area contributed by atoms with E-state index in [1.54, 1.807) is 6.26 Å². The van der Waals surface area contributed by atoms with Gasteiger partial charge in [-0.05, 0) is 65.1 Å². The molecule has 7 nitrogen and oxygen atoms in total. The van der Waals surface area contributed by atoms with Crippen molar-refractivity contribution in [2.24, 2.45) is 4.99 Å². The van der Waals surface area contributed by atoms with Gasteiger partial charge in [0.2, 0.25) is 0 Å². The summed E-state index contributed by atoms with van der Waals surface area (Å²) in [6, 6.07) is 12.4. The first-order valence-corrected chi connectivity index (χ1v) is 11.3. The summed E-state index contributed by atoms with van der Waals surface area (Å²) >= 11 is 0. The predicted molar refractivity (Wildman–Crippen MR) is 126 cm³/mol. The molecule has 2 heterocycles. The van der Waals surface area contributed by atoms with Gasteiger partial charge in [0, 0.05) is 25.2 Å². The number of furan rings is 1. The molecule has 2 N–H and O–H groups in total. The Morgan fingerprint density at radius 1 is 1.16 bits per heavy atom. The zero-order chi connectivity index (χ0) is 21.9. The minimum atomic E-state index is 0.211. The summed E-state index contributed by atoms with van der Waals surface area (Å²) in [7, 11) is 4.10. The predicted octanol–water partition coefficient (Wildman–Crippen LogP) is 3.11. The molecular weight excluding hydrogens is 390 g/mol. The van der Waals surface area contributed by atoms with E-state index in [2.05, 4.69) is 39.5 Å². The molecule has 0 bridgehead atoms. The van der Waals surface area contributed by atoms with Crippen molar-refractivity contribution in [3.63, 3.8) is 0 Å². The summed E-state index contributed by atoms with van der Waals surface area (Å²) in [6.45, 7) is 7.96. The highest BCUT2D eigenvalue weighted by atomic mass is 16.5. The van der Waals surface area contributed by atoms with E-state index in [4.69, 9.17) is 14.1 Å². The van der Waals surface area contributed by atoms with Crippen LogP contribution in [0.25, 0.3) is 0 Å². The van der Waals surface area contributed by atoms with Gasteiger partial charge in [0.1, 0.15) is 18.1 Å². The van der Waals surface area contributed by atoms with Crippen LogP contribution in [-0.4, -0.2) is 69.2 Å². The van der Waals surface area contributed by atoms with Gasteiger partial charge in [-0.2, -0.15) is 0 Å². The molecule has 1 unspecified atom stereocenters. The zero-order valence-electron chi connectivity index (χ0n) is 19.1. The van der Waals surface area contributed by atoms with Crippen LogP contribution in [0.2, 0.25) is 0 Å². The fourth-order valence-electron chi connectivity index (χ4n) is 3.76. The van der Waals surface area contributed by atoms with E-state index in [0.29, 0.717) is 13.2 Å². The second kappa shape index (κ2) is 12.4. The van der Waals surface area contributed by atoms with E-state index in [-0.39, 0.29) is 6.04 Å². The lowest BCUT2D eigenvalue weighted by Gasteiger charge is -2.26. The third-order valence-electron chi connectivity index (χ3n) is 5.44. The van der Waals surface area contributed by atoms with Gasteiger partial charge in [0.25, 0.3) is 0 Å². The number of likely N-dealkylation sites (tertiary alicyclic amines) is 1. The van der Waals surface area contributed by atoms with Crippen molar-refractivity contribution in [1.29, 1.82) is 0 Å². The molecule has 1 saturated heterocycles. The largest absolute Gasteiger partial charge is 0.492 e. The van der Waals surface area contributed by atoms with E-state index >= 15 is 0 Å². The van der Waals surface area contributed by atoms with E-state index in [0.717, 1.165) is 55.8 Å². The fourth-order valence-corrected chi connectivity index (χ4v) is 3.76. The highest BCUT2D eigenvalue weighted by molar-refractivity contribution is 5.79. The van der Waals surface area contributed by atoms with Crippen LogP contribution in [0.3, 0.4) is 0 Å². The van der Waals surface area contributed by atoms with Crippen LogP contribution in [0.15, 0.2) is 52.1 Å². The average Bonchev–Trinajstić information content (AvgIpc) is 3.48. The van der Waals surface area contributed by atoms with Crippen LogP contribution in [0.4, 0.5) is 0 Å². The highest BCUT2D eigenvalue weighted by Crippen LogP contribution is 2.25. The summed E-state index contributed by atoms with van der Waals surface area (Å²) in [6.07, 6.45) is 4.25. The Morgan fingerprint density at radius 2 is 1.97 bits per heavy atom. The molecule has 1 aromatic heterocycles. The number of para-hydroxylation sites is 1. The molecule has 170 valence electrons. The van der Waals surface area contributed by atoms with Crippen LogP contribution in [0.1, 0.15) is 37.1 Å². The van der Waals surface area contributed by atoms with Crippen molar-refractivity contribution in [3.8, 4) is 5.75 Å². The van der Waals surface area contributed by atoms with Crippen molar-refractivity contribution >= 4 is 5.96 Å². The maximum Gasteiger partial charge on any atom is 0.191 e. The van der Waals surface area contributed by atoms with E-state index in [9.17, 15) is 0 Å². The quantitative estimate of drug-likeness (QED) is 0.424. The maximum atomic E-state index is 5.98. The van der Waals surface area contributed by atoms with E-state index < -0.39 is 0 Å². The molecule has 0 radical (unpaired) electrons. The SMILES string of the molecule is CCNC(=NCc1ccccc1OCCN(C)C)NCC(c1ccco1)N1CCCC1. The first-order chi connectivity index (χ1) is 15.2. The van der Waals surface area contributed by atoms with Gasteiger partial charge in [-0.15, -0.1) is 0 Å². The van der Waals surface area contributed by atoms with Gasteiger partial charge in [-0.3, -0.25) is 4.90 Å². The zero-order valence-corrected chi connectivity index (χ0v) is 19.1. The number of hydrogen-bond donors (Lipinski definition) is 2.